The summed E-state index contributed by atoms with van der Waals surface area (Å²) in [5.74, 6) is -0.972. The van der Waals surface area contributed by atoms with E-state index in [4.69, 9.17) is 5.21 Å². The Morgan fingerprint density at radius 2 is 1.79 bits per heavy atom. The molecule has 2 rings (SSSR count). The van der Waals surface area contributed by atoms with Crippen LogP contribution >= 0.6 is 15.9 Å². The van der Waals surface area contributed by atoms with Crippen LogP contribution in [-0.2, 0) is 4.79 Å². The second kappa shape index (κ2) is 8.76. The summed E-state index contributed by atoms with van der Waals surface area (Å²) in [5, 5.41) is 12.3. The fraction of sp³-hybridized carbons (Fsp3) is 0. The van der Waals surface area contributed by atoms with Gasteiger partial charge < -0.3 is 0 Å². The van der Waals surface area contributed by atoms with Gasteiger partial charge in [0.2, 0.25) is 0 Å². The molecule has 0 atom stereocenters. The Morgan fingerprint density at radius 1 is 1.08 bits per heavy atom. The molecule has 0 aliphatic rings. The van der Waals surface area contributed by atoms with Crippen LogP contribution in [0.5, 0.6) is 0 Å². The molecule has 0 spiro atoms. The van der Waals surface area contributed by atoms with Crippen LogP contribution in [0.25, 0.3) is 6.08 Å². The van der Waals surface area contributed by atoms with Crippen molar-refractivity contribution in [3.05, 3.63) is 75.8 Å². The van der Waals surface area contributed by atoms with Gasteiger partial charge in [0.05, 0.1) is 6.21 Å². The standard InChI is InChI=1S/C17H14BrN3O3/c18-15-4-2-1-3-14(15)11-19-20-17(23)13-8-5-12(6-9-13)7-10-16(22)21-24/h1-11,24H,(H,20,23)(H,21,22)/b10-7+,19-11+. The molecule has 0 saturated heterocycles. The van der Waals surface area contributed by atoms with Crippen LogP contribution in [0.15, 0.2) is 64.2 Å². The van der Waals surface area contributed by atoms with Crippen molar-refractivity contribution < 1.29 is 14.8 Å². The molecular formula is C17H14BrN3O3. The van der Waals surface area contributed by atoms with Gasteiger partial charge in [-0.3, -0.25) is 14.8 Å². The Labute approximate surface area is 147 Å². The van der Waals surface area contributed by atoms with Crippen LogP contribution in [0.1, 0.15) is 21.5 Å². The molecule has 0 aliphatic carbocycles. The molecule has 0 radical (unpaired) electrons. The van der Waals surface area contributed by atoms with Crippen molar-refractivity contribution in [2.45, 2.75) is 0 Å². The summed E-state index contributed by atoms with van der Waals surface area (Å²) in [5.41, 5.74) is 5.94. The average Bonchev–Trinajstić information content (AvgIpc) is 2.61. The molecule has 0 aliphatic heterocycles. The molecule has 2 aromatic carbocycles. The number of carbonyl (C=O) groups excluding carboxylic acids is 2. The van der Waals surface area contributed by atoms with Gasteiger partial charge in [0.15, 0.2) is 0 Å². The van der Waals surface area contributed by atoms with E-state index in [1.807, 2.05) is 24.3 Å². The molecule has 6 nitrogen and oxygen atoms in total. The number of halogens is 1. The number of nitrogens with one attached hydrogen (secondary N) is 2. The summed E-state index contributed by atoms with van der Waals surface area (Å²) in [6.45, 7) is 0. The van der Waals surface area contributed by atoms with Gasteiger partial charge in [0.25, 0.3) is 11.8 Å². The molecule has 2 amide bonds. The van der Waals surface area contributed by atoms with Crippen LogP contribution in [0.4, 0.5) is 0 Å². The fourth-order valence-corrected chi connectivity index (χ4v) is 2.15. The number of hydroxylamine groups is 1. The first kappa shape index (κ1) is 17.6. The van der Waals surface area contributed by atoms with E-state index in [-0.39, 0.29) is 5.91 Å². The first-order chi connectivity index (χ1) is 11.6. The zero-order valence-corrected chi connectivity index (χ0v) is 14.0. The largest absolute Gasteiger partial charge is 0.288 e. The van der Waals surface area contributed by atoms with E-state index in [0.717, 1.165) is 10.0 Å². The molecule has 7 heteroatoms. The minimum absolute atomic E-state index is 0.345. The van der Waals surface area contributed by atoms with Crippen LogP contribution in [-0.4, -0.2) is 23.2 Å². The summed E-state index contributed by atoms with van der Waals surface area (Å²) in [6, 6.07) is 14.1. The SMILES string of the molecule is O=C(/C=C/c1ccc(C(=O)N/N=C/c2ccccc2Br)cc1)NO. The first-order valence-electron chi connectivity index (χ1n) is 6.90. The lowest BCUT2D eigenvalue weighted by molar-refractivity contribution is -0.124. The lowest BCUT2D eigenvalue weighted by Crippen LogP contribution is -2.17. The first-order valence-corrected chi connectivity index (χ1v) is 7.69. The van der Waals surface area contributed by atoms with Gasteiger partial charge in [0, 0.05) is 21.7 Å². The fourth-order valence-electron chi connectivity index (χ4n) is 1.76. The smallest absolute Gasteiger partial charge is 0.271 e. The molecule has 0 fully saturated rings. The molecule has 0 unspecified atom stereocenters. The highest BCUT2D eigenvalue weighted by atomic mass is 79.9. The second-order valence-corrected chi connectivity index (χ2v) is 5.51. The highest BCUT2D eigenvalue weighted by Gasteiger charge is 2.03. The van der Waals surface area contributed by atoms with E-state index in [0.29, 0.717) is 11.1 Å². The van der Waals surface area contributed by atoms with Crippen molar-refractivity contribution >= 4 is 40.0 Å². The highest BCUT2D eigenvalue weighted by Crippen LogP contribution is 2.13. The average molecular weight is 388 g/mol. The summed E-state index contributed by atoms with van der Waals surface area (Å²) in [6.07, 6.45) is 4.24. The van der Waals surface area contributed by atoms with Crippen molar-refractivity contribution in [3.63, 3.8) is 0 Å². The van der Waals surface area contributed by atoms with Crippen molar-refractivity contribution in [2.75, 3.05) is 0 Å². The van der Waals surface area contributed by atoms with Gasteiger partial charge in [-0.25, -0.2) is 10.9 Å². The summed E-state index contributed by atoms with van der Waals surface area (Å²) < 4.78 is 0.881. The lowest BCUT2D eigenvalue weighted by Gasteiger charge is -2.01. The molecule has 122 valence electrons. The Hall–Kier alpha value is -2.77. The van der Waals surface area contributed by atoms with Crippen molar-refractivity contribution in [1.29, 1.82) is 0 Å². The second-order valence-electron chi connectivity index (χ2n) is 4.65. The zero-order chi connectivity index (χ0) is 17.4. The quantitative estimate of drug-likeness (QED) is 0.318. The Kier molecular flexibility index (Phi) is 6.41. The van der Waals surface area contributed by atoms with Crippen LogP contribution < -0.4 is 10.9 Å². The maximum Gasteiger partial charge on any atom is 0.271 e. The summed E-state index contributed by atoms with van der Waals surface area (Å²) in [4.78, 5) is 22.9. The van der Waals surface area contributed by atoms with Gasteiger partial charge in [0.1, 0.15) is 0 Å². The molecular weight excluding hydrogens is 374 g/mol. The maximum absolute atomic E-state index is 12.0. The monoisotopic (exact) mass is 387 g/mol. The Morgan fingerprint density at radius 3 is 2.46 bits per heavy atom. The number of rotatable bonds is 5. The minimum Gasteiger partial charge on any atom is -0.288 e. The molecule has 0 bridgehead atoms. The number of hydrogen-bond acceptors (Lipinski definition) is 4. The van der Waals surface area contributed by atoms with E-state index in [9.17, 15) is 9.59 Å². The Bertz CT molecular complexity index is 786. The van der Waals surface area contributed by atoms with Gasteiger partial charge in [-0.15, -0.1) is 0 Å². The summed E-state index contributed by atoms with van der Waals surface area (Å²) >= 11 is 3.39. The van der Waals surface area contributed by atoms with Crippen LogP contribution in [0.3, 0.4) is 0 Å². The van der Waals surface area contributed by atoms with Crippen molar-refractivity contribution in [1.82, 2.24) is 10.9 Å². The molecule has 0 heterocycles. The van der Waals surface area contributed by atoms with Gasteiger partial charge in [-0.1, -0.05) is 46.3 Å². The minimum atomic E-state index is -0.627. The molecule has 0 saturated carbocycles. The van der Waals surface area contributed by atoms with E-state index in [2.05, 4.69) is 26.5 Å². The lowest BCUT2D eigenvalue weighted by atomic mass is 10.1. The maximum atomic E-state index is 12.0. The van der Waals surface area contributed by atoms with E-state index < -0.39 is 5.91 Å². The normalized spacial score (nSPS) is 10.9. The zero-order valence-electron chi connectivity index (χ0n) is 12.4. The molecule has 24 heavy (non-hydrogen) atoms. The van der Waals surface area contributed by atoms with E-state index in [1.54, 1.807) is 30.5 Å². The van der Waals surface area contributed by atoms with Gasteiger partial charge >= 0.3 is 0 Å². The van der Waals surface area contributed by atoms with Crippen molar-refractivity contribution in [3.8, 4) is 0 Å². The number of hydrogen-bond donors (Lipinski definition) is 3. The van der Waals surface area contributed by atoms with Crippen LogP contribution in [0, 0.1) is 0 Å². The predicted octanol–water partition coefficient (Wildman–Crippen LogP) is 2.73. The highest BCUT2D eigenvalue weighted by molar-refractivity contribution is 9.10. The third kappa shape index (κ3) is 5.15. The number of carbonyl (C=O) groups is 2. The Balaban J connectivity index is 1.96. The van der Waals surface area contributed by atoms with Crippen LogP contribution in [0.2, 0.25) is 0 Å². The predicted molar refractivity (Wildman–Crippen MR) is 94.6 cm³/mol. The third-order valence-corrected chi connectivity index (χ3v) is 3.71. The van der Waals surface area contributed by atoms with E-state index >= 15 is 0 Å². The summed E-state index contributed by atoms with van der Waals surface area (Å²) in [7, 11) is 0. The number of benzene rings is 2. The number of hydrazone groups is 1. The topological polar surface area (TPSA) is 90.8 Å². The van der Waals surface area contributed by atoms with Gasteiger partial charge in [-0.05, 0) is 29.8 Å². The van der Waals surface area contributed by atoms with Crippen molar-refractivity contribution in [2.24, 2.45) is 5.10 Å². The third-order valence-electron chi connectivity index (χ3n) is 2.99. The molecule has 0 aromatic heterocycles. The van der Waals surface area contributed by atoms with E-state index in [1.165, 1.54) is 17.6 Å². The number of nitrogens with zero attached hydrogens (tertiary/aromatic N) is 1. The molecule has 2 aromatic rings. The molecule has 3 N–H and O–H groups in total. The number of amides is 2. The van der Waals surface area contributed by atoms with Gasteiger partial charge in [-0.2, -0.15) is 5.10 Å².